The first-order valence-corrected chi connectivity index (χ1v) is 5.06. The zero-order chi connectivity index (χ0) is 8.72. The van der Waals surface area contributed by atoms with Crippen LogP contribution in [0.25, 0.3) is 10.2 Å². The van der Waals surface area contributed by atoms with Crippen molar-refractivity contribution < 1.29 is 0 Å². The van der Waals surface area contributed by atoms with E-state index < -0.39 is 0 Å². The maximum atomic E-state index is 5.89. The van der Waals surface area contributed by atoms with E-state index in [1.54, 1.807) is 11.3 Å². The first-order chi connectivity index (χ1) is 5.66. The fourth-order valence-corrected chi connectivity index (χ4v) is 2.74. The zero-order valence-electron chi connectivity index (χ0n) is 6.35. The summed E-state index contributed by atoms with van der Waals surface area (Å²) in [4.78, 5) is 3.13. The third-order valence-electron chi connectivity index (χ3n) is 1.69. The van der Waals surface area contributed by atoms with Crippen molar-refractivity contribution in [2.75, 3.05) is 0 Å². The van der Waals surface area contributed by atoms with Crippen LogP contribution < -0.4 is 0 Å². The fraction of sp³-hybridized carbons (Fsp3) is 0.125. The number of aromatic amines is 1. The molecule has 0 aliphatic carbocycles. The molecule has 0 aliphatic heterocycles. The molecule has 62 valence electrons. The summed E-state index contributed by atoms with van der Waals surface area (Å²) in [5, 5.41) is 0.769. The van der Waals surface area contributed by atoms with Gasteiger partial charge in [0.2, 0.25) is 0 Å². The number of hydrogen-bond acceptors (Lipinski definition) is 2. The van der Waals surface area contributed by atoms with E-state index in [2.05, 4.69) is 4.98 Å². The van der Waals surface area contributed by atoms with Crippen LogP contribution in [0.15, 0.2) is 12.1 Å². The van der Waals surface area contributed by atoms with Gasteiger partial charge >= 0.3 is 0 Å². The number of fused-ring (bicyclic) bond motifs is 1. The van der Waals surface area contributed by atoms with Crippen LogP contribution in [0.3, 0.4) is 0 Å². The Hall–Kier alpha value is -0.380. The van der Waals surface area contributed by atoms with Gasteiger partial charge in [-0.05, 0) is 36.8 Å². The summed E-state index contributed by atoms with van der Waals surface area (Å²) in [6, 6.07) is 3.86. The Morgan fingerprint density at radius 2 is 2.25 bits per heavy atom. The number of rotatable bonds is 0. The van der Waals surface area contributed by atoms with Gasteiger partial charge in [-0.25, -0.2) is 0 Å². The number of halogens is 1. The second-order valence-corrected chi connectivity index (χ2v) is 4.77. The first kappa shape index (κ1) is 8.23. The Bertz CT molecular complexity index is 483. The number of benzene rings is 1. The molecule has 0 amide bonds. The van der Waals surface area contributed by atoms with Crippen molar-refractivity contribution >= 4 is 45.4 Å². The monoisotopic (exact) mass is 215 g/mol. The standard InChI is InChI=1S/C8H6ClNS2/c1-4-2-5(9)3-6-7(4)10-8(11)12-6/h2-3H,1H3,(H,10,11). The minimum Gasteiger partial charge on any atom is -0.337 e. The van der Waals surface area contributed by atoms with E-state index in [-0.39, 0.29) is 0 Å². The molecule has 0 radical (unpaired) electrons. The molecule has 0 unspecified atom stereocenters. The second kappa shape index (κ2) is 2.83. The number of hydrogen-bond donors (Lipinski definition) is 1. The third-order valence-corrected chi connectivity index (χ3v) is 3.09. The third kappa shape index (κ3) is 1.28. The van der Waals surface area contributed by atoms with Gasteiger partial charge in [0.15, 0.2) is 3.95 Å². The number of H-pyrrole nitrogens is 1. The number of nitrogens with one attached hydrogen (secondary N) is 1. The minimum absolute atomic E-state index is 0.769. The van der Waals surface area contributed by atoms with Gasteiger partial charge in [0.05, 0.1) is 10.2 Å². The summed E-state index contributed by atoms with van der Waals surface area (Å²) in [6.45, 7) is 2.02. The van der Waals surface area contributed by atoms with Crippen LogP contribution in [0.1, 0.15) is 5.56 Å². The molecule has 0 spiro atoms. The molecule has 1 aromatic carbocycles. The molecule has 2 aromatic rings. The van der Waals surface area contributed by atoms with Gasteiger partial charge in [0.1, 0.15) is 0 Å². The lowest BCUT2D eigenvalue weighted by Crippen LogP contribution is -1.75. The lowest BCUT2D eigenvalue weighted by atomic mass is 10.2. The Morgan fingerprint density at radius 1 is 1.50 bits per heavy atom. The Balaban J connectivity index is 2.97. The van der Waals surface area contributed by atoms with Crippen LogP contribution in [0.5, 0.6) is 0 Å². The number of aromatic nitrogens is 1. The molecule has 0 saturated heterocycles. The predicted octanol–water partition coefficient (Wildman–Crippen LogP) is 3.92. The Labute approximate surface area is 84.0 Å². The molecule has 2 rings (SSSR count). The normalized spacial score (nSPS) is 10.8. The summed E-state index contributed by atoms with van der Waals surface area (Å²) >= 11 is 12.5. The van der Waals surface area contributed by atoms with Gasteiger partial charge in [-0.3, -0.25) is 0 Å². The summed E-state index contributed by atoms with van der Waals surface area (Å²) in [5.41, 5.74) is 2.25. The highest BCUT2D eigenvalue weighted by Gasteiger charge is 2.01. The topological polar surface area (TPSA) is 15.8 Å². The van der Waals surface area contributed by atoms with Gasteiger partial charge in [0.25, 0.3) is 0 Å². The molecule has 12 heavy (non-hydrogen) atoms. The highest BCUT2D eigenvalue weighted by molar-refractivity contribution is 7.73. The number of thiazole rings is 1. The van der Waals surface area contributed by atoms with E-state index >= 15 is 0 Å². The largest absolute Gasteiger partial charge is 0.337 e. The maximum Gasteiger partial charge on any atom is 0.159 e. The predicted molar refractivity (Wildman–Crippen MR) is 56.8 cm³/mol. The van der Waals surface area contributed by atoms with Gasteiger partial charge in [-0.15, -0.1) is 11.3 Å². The van der Waals surface area contributed by atoms with Crippen LogP contribution in [0.4, 0.5) is 0 Å². The summed E-state index contributed by atoms with van der Waals surface area (Å²) in [6.07, 6.45) is 0. The minimum atomic E-state index is 0.769. The molecule has 0 fully saturated rings. The van der Waals surface area contributed by atoms with Crippen LogP contribution in [0.2, 0.25) is 5.02 Å². The fourth-order valence-electron chi connectivity index (χ4n) is 1.18. The molecule has 0 atom stereocenters. The quantitative estimate of drug-likeness (QED) is 0.659. The molecule has 1 aromatic heterocycles. The molecule has 1 heterocycles. The lowest BCUT2D eigenvalue weighted by Gasteiger charge is -1.95. The van der Waals surface area contributed by atoms with E-state index in [4.69, 9.17) is 23.8 Å². The zero-order valence-corrected chi connectivity index (χ0v) is 8.74. The lowest BCUT2D eigenvalue weighted by molar-refractivity contribution is 1.41. The van der Waals surface area contributed by atoms with Crippen molar-refractivity contribution in [2.24, 2.45) is 0 Å². The van der Waals surface area contributed by atoms with E-state index in [1.807, 2.05) is 19.1 Å². The SMILES string of the molecule is Cc1cc(Cl)cc2sc(=S)[nH]c12. The van der Waals surface area contributed by atoms with E-state index in [0.717, 1.165) is 24.8 Å². The summed E-state index contributed by atoms with van der Waals surface area (Å²) < 4.78 is 1.93. The van der Waals surface area contributed by atoms with Crippen molar-refractivity contribution in [3.63, 3.8) is 0 Å². The van der Waals surface area contributed by atoms with Crippen LogP contribution in [-0.4, -0.2) is 4.98 Å². The van der Waals surface area contributed by atoms with Crippen LogP contribution in [-0.2, 0) is 0 Å². The summed E-state index contributed by atoms with van der Waals surface area (Å²) in [7, 11) is 0. The molecule has 0 saturated carbocycles. The smallest absolute Gasteiger partial charge is 0.159 e. The van der Waals surface area contributed by atoms with E-state index in [9.17, 15) is 0 Å². The molecule has 4 heteroatoms. The van der Waals surface area contributed by atoms with Gasteiger partial charge in [-0.2, -0.15) is 0 Å². The van der Waals surface area contributed by atoms with Crippen molar-refractivity contribution in [1.82, 2.24) is 4.98 Å². The average Bonchev–Trinajstić information content (AvgIpc) is 2.29. The van der Waals surface area contributed by atoms with Crippen molar-refractivity contribution in [1.29, 1.82) is 0 Å². The summed E-state index contributed by atoms with van der Waals surface area (Å²) in [5.74, 6) is 0. The van der Waals surface area contributed by atoms with Crippen molar-refractivity contribution in [2.45, 2.75) is 6.92 Å². The van der Waals surface area contributed by atoms with Gasteiger partial charge in [-0.1, -0.05) is 11.6 Å². The maximum absolute atomic E-state index is 5.89. The van der Waals surface area contributed by atoms with Gasteiger partial charge in [0, 0.05) is 5.02 Å². The van der Waals surface area contributed by atoms with E-state index in [1.165, 1.54) is 0 Å². The average molecular weight is 216 g/mol. The molecule has 0 bridgehead atoms. The highest BCUT2D eigenvalue weighted by atomic mass is 35.5. The molecular formula is C8H6ClNS2. The Morgan fingerprint density at radius 3 is 3.00 bits per heavy atom. The van der Waals surface area contributed by atoms with Gasteiger partial charge < -0.3 is 4.98 Å². The molecular weight excluding hydrogens is 210 g/mol. The molecule has 1 N–H and O–H groups in total. The molecule has 1 nitrogen and oxygen atoms in total. The second-order valence-electron chi connectivity index (χ2n) is 2.61. The van der Waals surface area contributed by atoms with Crippen LogP contribution in [0, 0.1) is 10.9 Å². The van der Waals surface area contributed by atoms with Crippen molar-refractivity contribution in [3.05, 3.63) is 26.7 Å². The first-order valence-electron chi connectivity index (χ1n) is 3.46. The highest BCUT2D eigenvalue weighted by Crippen LogP contribution is 2.26. The molecule has 0 aliphatic rings. The van der Waals surface area contributed by atoms with E-state index in [0.29, 0.717) is 0 Å². The number of aryl methyl sites for hydroxylation is 1. The van der Waals surface area contributed by atoms with Crippen LogP contribution >= 0.6 is 35.2 Å². The Kier molecular flexibility index (Phi) is 1.94. The van der Waals surface area contributed by atoms with Crippen molar-refractivity contribution in [3.8, 4) is 0 Å².